The van der Waals surface area contributed by atoms with Crippen LogP contribution in [0.25, 0.3) is 0 Å². The van der Waals surface area contributed by atoms with Gasteiger partial charge in [-0.3, -0.25) is 4.90 Å². The van der Waals surface area contributed by atoms with Crippen LogP contribution in [0.3, 0.4) is 0 Å². The van der Waals surface area contributed by atoms with Gasteiger partial charge in [-0.05, 0) is 44.2 Å². The van der Waals surface area contributed by atoms with E-state index in [9.17, 15) is 0 Å². The molecule has 4 rings (SSSR count). The van der Waals surface area contributed by atoms with Crippen molar-refractivity contribution < 1.29 is 0 Å². The Morgan fingerprint density at radius 3 is 2.52 bits per heavy atom. The zero-order valence-electron chi connectivity index (χ0n) is 13.7. The molecule has 23 heavy (non-hydrogen) atoms. The molecule has 2 atom stereocenters. The Morgan fingerprint density at radius 1 is 1.09 bits per heavy atom. The van der Waals surface area contributed by atoms with Crippen LogP contribution in [-0.4, -0.2) is 33.0 Å². The summed E-state index contributed by atoms with van der Waals surface area (Å²) in [6, 6.07) is 14.7. The van der Waals surface area contributed by atoms with E-state index in [-0.39, 0.29) is 0 Å². The average molecular weight is 308 g/mol. The van der Waals surface area contributed by atoms with E-state index in [4.69, 9.17) is 0 Å². The second-order valence-corrected chi connectivity index (χ2v) is 6.88. The Labute approximate surface area is 138 Å². The maximum Gasteiger partial charge on any atom is 0.223 e. The Bertz CT molecular complexity index is 643. The summed E-state index contributed by atoms with van der Waals surface area (Å²) in [5, 5.41) is 3.56. The second-order valence-electron chi connectivity index (χ2n) is 6.88. The molecule has 4 heteroatoms. The van der Waals surface area contributed by atoms with Crippen LogP contribution < -0.4 is 5.32 Å². The van der Waals surface area contributed by atoms with Gasteiger partial charge in [0.2, 0.25) is 5.95 Å². The molecule has 0 radical (unpaired) electrons. The predicted molar refractivity (Wildman–Crippen MR) is 92.2 cm³/mol. The summed E-state index contributed by atoms with van der Waals surface area (Å²) in [5.41, 5.74) is 2.45. The van der Waals surface area contributed by atoms with Crippen molar-refractivity contribution >= 4 is 5.95 Å². The summed E-state index contributed by atoms with van der Waals surface area (Å²) in [6.07, 6.45) is 6.87. The molecular weight excluding hydrogens is 284 g/mol. The van der Waals surface area contributed by atoms with Crippen molar-refractivity contribution in [3.8, 4) is 0 Å². The van der Waals surface area contributed by atoms with Gasteiger partial charge in [0.05, 0.1) is 0 Å². The zero-order chi connectivity index (χ0) is 15.6. The summed E-state index contributed by atoms with van der Waals surface area (Å²) in [4.78, 5) is 11.6. The minimum atomic E-state index is 0.501. The molecule has 0 spiro atoms. The topological polar surface area (TPSA) is 41.1 Å². The van der Waals surface area contributed by atoms with Gasteiger partial charge in [0.25, 0.3) is 0 Å². The molecule has 0 aliphatic carbocycles. The molecule has 2 aromatic rings. The summed E-state index contributed by atoms with van der Waals surface area (Å²) in [7, 11) is 0. The SMILES string of the molecule is Cc1ccnc(NC2CC3CCC(C2)N3Cc2ccccc2)n1. The van der Waals surface area contributed by atoms with Crippen molar-refractivity contribution in [3.63, 3.8) is 0 Å². The monoisotopic (exact) mass is 308 g/mol. The zero-order valence-corrected chi connectivity index (χ0v) is 13.7. The van der Waals surface area contributed by atoms with Crippen LogP contribution in [-0.2, 0) is 6.54 Å². The molecule has 2 bridgehead atoms. The first-order valence-electron chi connectivity index (χ1n) is 8.64. The van der Waals surface area contributed by atoms with Crippen molar-refractivity contribution in [3.05, 3.63) is 53.9 Å². The molecule has 1 N–H and O–H groups in total. The van der Waals surface area contributed by atoms with E-state index in [0.29, 0.717) is 18.1 Å². The van der Waals surface area contributed by atoms with E-state index in [1.165, 1.54) is 31.2 Å². The van der Waals surface area contributed by atoms with Crippen molar-refractivity contribution in [1.82, 2.24) is 14.9 Å². The van der Waals surface area contributed by atoms with Gasteiger partial charge in [-0.2, -0.15) is 0 Å². The maximum absolute atomic E-state index is 4.49. The van der Waals surface area contributed by atoms with Gasteiger partial charge in [0.15, 0.2) is 0 Å². The minimum absolute atomic E-state index is 0.501. The third-order valence-electron chi connectivity index (χ3n) is 5.22. The van der Waals surface area contributed by atoms with Crippen LogP contribution in [0, 0.1) is 6.92 Å². The molecule has 1 aromatic heterocycles. The van der Waals surface area contributed by atoms with Crippen LogP contribution in [0.2, 0.25) is 0 Å². The molecule has 2 unspecified atom stereocenters. The molecule has 120 valence electrons. The smallest absolute Gasteiger partial charge is 0.223 e. The molecule has 2 aliphatic heterocycles. The number of aromatic nitrogens is 2. The van der Waals surface area contributed by atoms with Crippen molar-refractivity contribution in [2.24, 2.45) is 0 Å². The molecule has 0 saturated carbocycles. The van der Waals surface area contributed by atoms with E-state index in [0.717, 1.165) is 18.2 Å². The molecule has 2 fully saturated rings. The quantitative estimate of drug-likeness (QED) is 0.940. The van der Waals surface area contributed by atoms with Crippen LogP contribution in [0.5, 0.6) is 0 Å². The highest BCUT2D eigenvalue weighted by Gasteiger charge is 2.40. The molecule has 2 saturated heterocycles. The third-order valence-corrected chi connectivity index (χ3v) is 5.22. The van der Waals surface area contributed by atoms with E-state index >= 15 is 0 Å². The normalized spacial score (nSPS) is 27.1. The highest BCUT2D eigenvalue weighted by Crippen LogP contribution is 2.37. The lowest BCUT2D eigenvalue weighted by Crippen LogP contribution is -2.46. The van der Waals surface area contributed by atoms with Gasteiger partial charge in [0, 0.05) is 36.6 Å². The van der Waals surface area contributed by atoms with Gasteiger partial charge >= 0.3 is 0 Å². The summed E-state index contributed by atoms with van der Waals surface area (Å²) >= 11 is 0. The number of hydrogen-bond donors (Lipinski definition) is 1. The fourth-order valence-corrected chi connectivity index (χ4v) is 4.15. The van der Waals surface area contributed by atoms with Gasteiger partial charge < -0.3 is 5.32 Å². The highest BCUT2D eigenvalue weighted by molar-refractivity contribution is 5.27. The Kier molecular flexibility index (Phi) is 4.00. The largest absolute Gasteiger partial charge is 0.351 e. The summed E-state index contributed by atoms with van der Waals surface area (Å²) in [5.74, 6) is 0.783. The number of nitrogens with zero attached hydrogens (tertiary/aromatic N) is 3. The van der Waals surface area contributed by atoms with Crippen LogP contribution in [0.4, 0.5) is 5.95 Å². The summed E-state index contributed by atoms with van der Waals surface area (Å²) < 4.78 is 0. The Morgan fingerprint density at radius 2 is 1.83 bits per heavy atom. The van der Waals surface area contributed by atoms with E-state index < -0.39 is 0 Å². The van der Waals surface area contributed by atoms with Crippen LogP contribution in [0.1, 0.15) is 36.9 Å². The Balaban J connectivity index is 1.41. The van der Waals surface area contributed by atoms with Gasteiger partial charge in [0.1, 0.15) is 0 Å². The van der Waals surface area contributed by atoms with Gasteiger partial charge in [-0.1, -0.05) is 30.3 Å². The number of rotatable bonds is 4. The van der Waals surface area contributed by atoms with E-state index in [1.54, 1.807) is 0 Å². The van der Waals surface area contributed by atoms with Crippen molar-refractivity contribution in [2.75, 3.05) is 5.32 Å². The Hall–Kier alpha value is -1.94. The van der Waals surface area contributed by atoms with Gasteiger partial charge in [-0.25, -0.2) is 9.97 Å². The number of benzene rings is 1. The lowest BCUT2D eigenvalue weighted by Gasteiger charge is -2.39. The molecule has 0 amide bonds. The standard InChI is InChI=1S/C19H24N4/c1-14-9-10-20-19(21-14)22-16-11-17-7-8-18(12-16)23(17)13-15-5-3-2-4-6-15/h2-6,9-10,16-18H,7-8,11-13H2,1H3,(H,20,21,22). The summed E-state index contributed by atoms with van der Waals surface area (Å²) in [6.45, 7) is 3.10. The fraction of sp³-hybridized carbons (Fsp3) is 0.474. The lowest BCUT2D eigenvalue weighted by molar-refractivity contribution is 0.124. The van der Waals surface area contributed by atoms with Gasteiger partial charge in [-0.15, -0.1) is 0 Å². The first-order valence-corrected chi connectivity index (χ1v) is 8.64. The van der Waals surface area contributed by atoms with Crippen molar-refractivity contribution in [1.29, 1.82) is 0 Å². The number of fused-ring (bicyclic) bond motifs is 2. The van der Waals surface area contributed by atoms with E-state index in [1.807, 2.05) is 19.2 Å². The fourth-order valence-electron chi connectivity index (χ4n) is 4.15. The molecule has 1 aromatic carbocycles. The lowest BCUT2D eigenvalue weighted by atomic mass is 9.96. The van der Waals surface area contributed by atoms with E-state index in [2.05, 4.69) is 50.5 Å². The minimum Gasteiger partial charge on any atom is -0.351 e. The number of nitrogens with one attached hydrogen (secondary N) is 1. The number of aryl methyl sites for hydroxylation is 1. The highest BCUT2D eigenvalue weighted by atomic mass is 15.2. The second kappa shape index (κ2) is 6.28. The third kappa shape index (κ3) is 3.22. The first-order chi connectivity index (χ1) is 11.3. The number of hydrogen-bond acceptors (Lipinski definition) is 4. The van der Waals surface area contributed by atoms with Crippen molar-refractivity contribution in [2.45, 2.75) is 57.3 Å². The molecular formula is C19H24N4. The maximum atomic E-state index is 4.49. The number of anilines is 1. The number of piperidine rings is 1. The van der Waals surface area contributed by atoms with Crippen LogP contribution >= 0.6 is 0 Å². The predicted octanol–water partition coefficient (Wildman–Crippen LogP) is 3.39. The van der Waals surface area contributed by atoms with Crippen LogP contribution in [0.15, 0.2) is 42.6 Å². The molecule has 3 heterocycles. The molecule has 4 nitrogen and oxygen atoms in total. The average Bonchev–Trinajstić information content (AvgIpc) is 2.79. The molecule has 2 aliphatic rings. The first kappa shape index (κ1) is 14.6.